The molecule has 0 fully saturated rings. The molecule has 178 valence electrons. The molecule has 0 bridgehead atoms. The molecule has 0 atom stereocenters. The Kier molecular flexibility index (Phi) is 5.74. The number of aromatic amines is 2. The zero-order valence-electron chi connectivity index (χ0n) is 19.6. The number of anilines is 1. The van der Waals surface area contributed by atoms with Crippen LogP contribution in [0.5, 0.6) is 0 Å². The van der Waals surface area contributed by atoms with Crippen LogP contribution in [-0.4, -0.2) is 36.0 Å². The van der Waals surface area contributed by atoms with Gasteiger partial charge in [0, 0.05) is 35.2 Å². The number of carbonyl (C=O) groups excluding carboxylic acids is 1. The zero-order valence-corrected chi connectivity index (χ0v) is 20.4. The molecule has 0 aliphatic carbocycles. The van der Waals surface area contributed by atoms with Crippen LogP contribution < -0.4 is 5.32 Å². The number of carbonyl (C=O) groups is 1. The first kappa shape index (κ1) is 22.1. The van der Waals surface area contributed by atoms with E-state index in [0.717, 1.165) is 63.0 Å². The Bertz CT molecular complexity index is 1680. The van der Waals surface area contributed by atoms with Crippen molar-refractivity contribution >= 4 is 44.9 Å². The number of aromatic nitrogens is 6. The van der Waals surface area contributed by atoms with E-state index in [2.05, 4.69) is 65.3 Å². The number of amides is 1. The minimum absolute atomic E-state index is 0.00873. The van der Waals surface area contributed by atoms with Gasteiger partial charge in [-0.3, -0.25) is 19.9 Å². The van der Waals surface area contributed by atoms with Gasteiger partial charge in [0.1, 0.15) is 11.3 Å². The lowest BCUT2D eigenvalue weighted by atomic mass is 10.1. The first-order valence-corrected chi connectivity index (χ1v) is 12.7. The average molecular weight is 494 g/mol. The molecule has 0 saturated carbocycles. The zero-order chi connectivity index (χ0) is 24.5. The summed E-state index contributed by atoms with van der Waals surface area (Å²) >= 11 is 1.67. The number of thiophene rings is 1. The van der Waals surface area contributed by atoms with Crippen LogP contribution in [-0.2, 0) is 4.79 Å². The number of hydrogen-bond acceptors (Lipinski definition) is 6. The molecule has 0 aliphatic heterocycles. The monoisotopic (exact) mass is 493 g/mol. The number of rotatable bonds is 7. The highest BCUT2D eigenvalue weighted by atomic mass is 32.1. The Balaban J connectivity index is 1.37. The van der Waals surface area contributed by atoms with Crippen LogP contribution in [0.3, 0.4) is 0 Å². The minimum Gasteiger partial charge on any atom is -0.338 e. The molecule has 0 unspecified atom stereocenters. The molecule has 0 spiro atoms. The van der Waals surface area contributed by atoms with Crippen LogP contribution in [0.25, 0.3) is 55.7 Å². The summed E-state index contributed by atoms with van der Waals surface area (Å²) in [4.78, 5) is 29.0. The Morgan fingerprint density at radius 2 is 2.00 bits per heavy atom. The summed E-state index contributed by atoms with van der Waals surface area (Å²) < 4.78 is 0. The molecule has 6 heterocycles. The standard InChI is InChI=1S/C27H23N7OS/c1-2-3-4-25(35)31-18-9-17(12-28-13-18)22-11-21-24(14-30-22)33-34-26(21)23-10-20-19(16-6-8-36-15-16)5-7-29-27(20)32-23/h5-15H,2-4H2,1H3,(H,29,32)(H,31,35)(H,33,34). The molecular weight excluding hydrogens is 470 g/mol. The summed E-state index contributed by atoms with van der Waals surface area (Å²) in [5.74, 6) is -0.00873. The van der Waals surface area contributed by atoms with Gasteiger partial charge in [0.2, 0.25) is 5.91 Å². The average Bonchev–Trinajstić information content (AvgIpc) is 3.66. The third-order valence-corrected chi connectivity index (χ3v) is 6.82. The summed E-state index contributed by atoms with van der Waals surface area (Å²) in [6.45, 7) is 2.07. The van der Waals surface area contributed by atoms with Gasteiger partial charge < -0.3 is 10.3 Å². The second-order valence-electron chi connectivity index (χ2n) is 8.62. The van der Waals surface area contributed by atoms with Crippen LogP contribution >= 0.6 is 11.3 Å². The number of pyridine rings is 3. The van der Waals surface area contributed by atoms with E-state index in [0.29, 0.717) is 12.1 Å². The molecule has 0 saturated heterocycles. The minimum atomic E-state index is -0.00873. The Morgan fingerprint density at radius 3 is 2.86 bits per heavy atom. The Hall–Kier alpha value is -4.37. The Morgan fingerprint density at radius 1 is 1.06 bits per heavy atom. The lowest BCUT2D eigenvalue weighted by Crippen LogP contribution is -2.11. The van der Waals surface area contributed by atoms with E-state index in [4.69, 9.17) is 0 Å². The van der Waals surface area contributed by atoms with Gasteiger partial charge in [0.05, 0.1) is 35.0 Å². The van der Waals surface area contributed by atoms with Gasteiger partial charge in [-0.2, -0.15) is 16.4 Å². The van der Waals surface area contributed by atoms with Gasteiger partial charge >= 0.3 is 0 Å². The van der Waals surface area contributed by atoms with Crippen LogP contribution in [0.15, 0.2) is 65.9 Å². The molecule has 3 N–H and O–H groups in total. The van der Waals surface area contributed by atoms with Crippen LogP contribution in [0.1, 0.15) is 26.2 Å². The molecule has 1 amide bonds. The van der Waals surface area contributed by atoms with Crippen molar-refractivity contribution in [3.63, 3.8) is 0 Å². The van der Waals surface area contributed by atoms with Gasteiger partial charge in [-0.05, 0) is 58.6 Å². The summed E-state index contributed by atoms with van der Waals surface area (Å²) in [7, 11) is 0. The highest BCUT2D eigenvalue weighted by molar-refractivity contribution is 7.08. The summed E-state index contributed by atoms with van der Waals surface area (Å²) in [5.41, 5.74) is 7.83. The van der Waals surface area contributed by atoms with Crippen molar-refractivity contribution < 1.29 is 4.79 Å². The van der Waals surface area contributed by atoms with E-state index < -0.39 is 0 Å². The molecule has 36 heavy (non-hydrogen) atoms. The lowest BCUT2D eigenvalue weighted by Gasteiger charge is -2.07. The largest absolute Gasteiger partial charge is 0.338 e. The molecule has 8 nitrogen and oxygen atoms in total. The maximum Gasteiger partial charge on any atom is 0.224 e. The van der Waals surface area contributed by atoms with Crippen molar-refractivity contribution in [2.45, 2.75) is 26.2 Å². The fourth-order valence-corrected chi connectivity index (χ4v) is 4.97. The third-order valence-electron chi connectivity index (χ3n) is 6.14. The predicted octanol–water partition coefficient (Wildman–Crippen LogP) is 6.42. The fourth-order valence-electron chi connectivity index (χ4n) is 4.31. The van der Waals surface area contributed by atoms with Crippen molar-refractivity contribution in [2.75, 3.05) is 5.32 Å². The highest BCUT2D eigenvalue weighted by Crippen LogP contribution is 2.34. The van der Waals surface area contributed by atoms with E-state index >= 15 is 0 Å². The fraction of sp³-hybridized carbons (Fsp3) is 0.148. The number of fused-ring (bicyclic) bond motifs is 2. The normalized spacial score (nSPS) is 11.4. The first-order chi connectivity index (χ1) is 17.7. The lowest BCUT2D eigenvalue weighted by molar-refractivity contribution is -0.116. The van der Waals surface area contributed by atoms with Gasteiger partial charge in [-0.15, -0.1) is 0 Å². The number of nitrogens with zero attached hydrogens (tertiary/aromatic N) is 4. The van der Waals surface area contributed by atoms with E-state index in [-0.39, 0.29) is 5.91 Å². The second kappa shape index (κ2) is 9.35. The van der Waals surface area contributed by atoms with Crippen molar-refractivity contribution in [3.05, 3.63) is 65.9 Å². The van der Waals surface area contributed by atoms with Gasteiger partial charge in [0.25, 0.3) is 0 Å². The maximum absolute atomic E-state index is 12.2. The summed E-state index contributed by atoms with van der Waals surface area (Å²) in [5, 5.41) is 16.8. The third kappa shape index (κ3) is 4.14. The van der Waals surface area contributed by atoms with Crippen LogP contribution in [0, 0.1) is 0 Å². The van der Waals surface area contributed by atoms with E-state index in [1.54, 1.807) is 29.9 Å². The smallest absolute Gasteiger partial charge is 0.224 e. The Labute approximate surface area is 210 Å². The van der Waals surface area contributed by atoms with Gasteiger partial charge in [-0.25, -0.2) is 4.98 Å². The van der Waals surface area contributed by atoms with Crippen molar-refractivity contribution in [3.8, 4) is 33.8 Å². The van der Waals surface area contributed by atoms with Crippen molar-refractivity contribution in [2.24, 2.45) is 0 Å². The SMILES string of the molecule is CCCCC(=O)Nc1cncc(-c2cc3c(-c4cc5c(-c6ccsc6)ccnc5[nH]4)n[nH]c3cn2)c1. The highest BCUT2D eigenvalue weighted by Gasteiger charge is 2.16. The molecule has 0 radical (unpaired) electrons. The van der Waals surface area contributed by atoms with Crippen molar-refractivity contribution in [1.29, 1.82) is 0 Å². The second-order valence-corrected chi connectivity index (χ2v) is 9.40. The summed E-state index contributed by atoms with van der Waals surface area (Å²) in [6, 6.07) is 10.1. The molecule has 0 aromatic carbocycles. The number of H-pyrrole nitrogens is 2. The quantitative estimate of drug-likeness (QED) is 0.237. The molecule has 6 aromatic heterocycles. The topological polar surface area (TPSA) is 112 Å². The first-order valence-electron chi connectivity index (χ1n) is 11.8. The molecule has 9 heteroatoms. The van der Waals surface area contributed by atoms with Gasteiger partial charge in [0.15, 0.2) is 0 Å². The van der Waals surface area contributed by atoms with Crippen LogP contribution in [0.4, 0.5) is 5.69 Å². The molecule has 6 rings (SSSR count). The number of unbranched alkanes of at least 4 members (excludes halogenated alkanes) is 1. The number of nitrogens with one attached hydrogen (secondary N) is 3. The maximum atomic E-state index is 12.2. The molecular formula is C27H23N7OS. The molecule has 0 aliphatic rings. The van der Waals surface area contributed by atoms with E-state index in [1.807, 2.05) is 24.4 Å². The molecule has 6 aromatic rings. The van der Waals surface area contributed by atoms with Crippen LogP contribution in [0.2, 0.25) is 0 Å². The number of hydrogen-bond donors (Lipinski definition) is 3. The summed E-state index contributed by atoms with van der Waals surface area (Å²) in [6.07, 6.45) is 9.32. The van der Waals surface area contributed by atoms with E-state index in [1.165, 1.54) is 5.56 Å². The van der Waals surface area contributed by atoms with Crippen molar-refractivity contribution in [1.82, 2.24) is 30.1 Å². The van der Waals surface area contributed by atoms with E-state index in [9.17, 15) is 4.79 Å². The predicted molar refractivity (Wildman–Crippen MR) is 144 cm³/mol. The van der Waals surface area contributed by atoms with Gasteiger partial charge in [-0.1, -0.05) is 13.3 Å².